The highest BCUT2D eigenvalue weighted by atomic mass is 15.2. The van der Waals surface area contributed by atoms with Gasteiger partial charge in [-0.25, -0.2) is 0 Å². The summed E-state index contributed by atoms with van der Waals surface area (Å²) < 4.78 is 1.93. The first kappa shape index (κ1) is 15.6. The van der Waals surface area contributed by atoms with Crippen molar-refractivity contribution in [2.45, 2.75) is 52.4 Å². The van der Waals surface area contributed by atoms with Gasteiger partial charge in [-0.3, -0.25) is 4.68 Å². The summed E-state index contributed by atoms with van der Waals surface area (Å²) in [5.41, 5.74) is 1.27. The van der Waals surface area contributed by atoms with Gasteiger partial charge in [0.1, 0.15) is 0 Å². The van der Waals surface area contributed by atoms with Crippen LogP contribution in [0.15, 0.2) is 12.3 Å². The Hall–Kier alpha value is -0.830. The second-order valence-corrected chi connectivity index (χ2v) is 6.50. The number of hydrogen-bond donors (Lipinski definition) is 1. The van der Waals surface area contributed by atoms with E-state index in [-0.39, 0.29) is 0 Å². The van der Waals surface area contributed by atoms with Gasteiger partial charge in [-0.2, -0.15) is 5.10 Å². The van der Waals surface area contributed by atoms with E-state index in [4.69, 9.17) is 0 Å². The van der Waals surface area contributed by atoms with E-state index in [1.807, 2.05) is 11.7 Å². The highest BCUT2D eigenvalue weighted by Crippen LogP contribution is 2.36. The molecule has 1 aliphatic rings. The lowest BCUT2D eigenvalue weighted by Gasteiger charge is -2.36. The quantitative estimate of drug-likeness (QED) is 0.774. The third kappa shape index (κ3) is 4.34. The SMILES string of the molecule is CCCNCC1CCC(CC)CC1Cc1ccn(C)n1. The molecular weight excluding hydrogens is 246 g/mol. The third-order valence-corrected chi connectivity index (χ3v) is 4.90. The summed E-state index contributed by atoms with van der Waals surface area (Å²) in [6, 6.07) is 2.19. The van der Waals surface area contributed by atoms with Crippen LogP contribution in [-0.4, -0.2) is 22.9 Å². The van der Waals surface area contributed by atoms with Gasteiger partial charge in [-0.15, -0.1) is 0 Å². The van der Waals surface area contributed by atoms with Crippen LogP contribution in [0.1, 0.15) is 51.6 Å². The van der Waals surface area contributed by atoms with Crippen molar-refractivity contribution in [3.63, 3.8) is 0 Å². The molecule has 0 bridgehead atoms. The predicted molar refractivity (Wildman–Crippen MR) is 84.7 cm³/mol. The Kier molecular flexibility index (Phi) is 6.08. The van der Waals surface area contributed by atoms with E-state index in [0.717, 1.165) is 30.7 Å². The summed E-state index contributed by atoms with van der Waals surface area (Å²) in [4.78, 5) is 0. The number of nitrogens with zero attached hydrogens (tertiary/aromatic N) is 2. The highest BCUT2D eigenvalue weighted by molar-refractivity contribution is 5.01. The molecule has 2 rings (SSSR count). The molecule has 114 valence electrons. The number of hydrogen-bond acceptors (Lipinski definition) is 2. The molecule has 1 heterocycles. The van der Waals surface area contributed by atoms with Crippen molar-refractivity contribution < 1.29 is 0 Å². The first-order valence-corrected chi connectivity index (χ1v) is 8.42. The maximum Gasteiger partial charge on any atom is 0.0627 e. The van der Waals surface area contributed by atoms with Crippen LogP contribution < -0.4 is 5.32 Å². The summed E-state index contributed by atoms with van der Waals surface area (Å²) in [7, 11) is 2.01. The minimum atomic E-state index is 0.813. The summed E-state index contributed by atoms with van der Waals surface area (Å²) in [5.74, 6) is 2.59. The molecule has 0 aliphatic heterocycles. The Labute approximate surface area is 124 Å². The van der Waals surface area contributed by atoms with Crippen LogP contribution in [-0.2, 0) is 13.5 Å². The van der Waals surface area contributed by atoms with Crippen LogP contribution in [0.25, 0.3) is 0 Å². The van der Waals surface area contributed by atoms with Gasteiger partial charge in [-0.1, -0.05) is 26.7 Å². The Morgan fingerprint density at radius 1 is 1.30 bits per heavy atom. The van der Waals surface area contributed by atoms with E-state index in [2.05, 4.69) is 36.5 Å². The summed E-state index contributed by atoms with van der Waals surface area (Å²) in [5, 5.41) is 8.22. The van der Waals surface area contributed by atoms with Gasteiger partial charge in [0.2, 0.25) is 0 Å². The topological polar surface area (TPSA) is 29.9 Å². The molecule has 1 fully saturated rings. The summed E-state index contributed by atoms with van der Waals surface area (Å²) in [6.45, 7) is 6.94. The molecule has 20 heavy (non-hydrogen) atoms. The van der Waals surface area contributed by atoms with Crippen molar-refractivity contribution in [1.82, 2.24) is 15.1 Å². The first-order valence-electron chi connectivity index (χ1n) is 8.42. The van der Waals surface area contributed by atoms with E-state index < -0.39 is 0 Å². The molecule has 1 aromatic heterocycles. The maximum atomic E-state index is 4.58. The zero-order valence-corrected chi connectivity index (χ0v) is 13.4. The van der Waals surface area contributed by atoms with Crippen LogP contribution in [0.2, 0.25) is 0 Å². The fraction of sp³-hybridized carbons (Fsp3) is 0.824. The molecule has 0 radical (unpaired) electrons. The van der Waals surface area contributed by atoms with Gasteiger partial charge in [0, 0.05) is 13.2 Å². The summed E-state index contributed by atoms with van der Waals surface area (Å²) in [6.07, 6.45) is 10.0. The van der Waals surface area contributed by atoms with Gasteiger partial charge >= 0.3 is 0 Å². The largest absolute Gasteiger partial charge is 0.316 e. The molecule has 0 spiro atoms. The minimum Gasteiger partial charge on any atom is -0.316 e. The fourth-order valence-electron chi connectivity index (χ4n) is 3.62. The molecule has 3 unspecified atom stereocenters. The summed E-state index contributed by atoms with van der Waals surface area (Å²) >= 11 is 0. The van der Waals surface area contributed by atoms with E-state index in [1.165, 1.54) is 44.3 Å². The second-order valence-electron chi connectivity index (χ2n) is 6.50. The number of nitrogens with one attached hydrogen (secondary N) is 1. The Morgan fingerprint density at radius 3 is 2.80 bits per heavy atom. The monoisotopic (exact) mass is 277 g/mol. The van der Waals surface area contributed by atoms with Crippen molar-refractivity contribution >= 4 is 0 Å². The van der Waals surface area contributed by atoms with Crippen LogP contribution in [0.3, 0.4) is 0 Å². The van der Waals surface area contributed by atoms with E-state index in [1.54, 1.807) is 0 Å². The van der Waals surface area contributed by atoms with Crippen LogP contribution >= 0.6 is 0 Å². The standard InChI is InChI=1S/C17H31N3/c1-4-9-18-13-15-7-6-14(5-2)11-16(15)12-17-8-10-20(3)19-17/h8,10,14-16,18H,4-7,9,11-13H2,1-3H3. The van der Waals surface area contributed by atoms with Crippen molar-refractivity contribution in [2.24, 2.45) is 24.8 Å². The number of rotatable bonds is 7. The molecule has 1 N–H and O–H groups in total. The Balaban J connectivity index is 1.94. The zero-order chi connectivity index (χ0) is 14.4. The van der Waals surface area contributed by atoms with Crippen molar-refractivity contribution in [3.05, 3.63) is 18.0 Å². The lowest BCUT2D eigenvalue weighted by Crippen LogP contribution is -2.34. The van der Waals surface area contributed by atoms with E-state index in [9.17, 15) is 0 Å². The maximum absolute atomic E-state index is 4.58. The molecular formula is C17H31N3. The van der Waals surface area contributed by atoms with Crippen molar-refractivity contribution in [1.29, 1.82) is 0 Å². The van der Waals surface area contributed by atoms with Crippen LogP contribution in [0.4, 0.5) is 0 Å². The molecule has 0 saturated heterocycles. The molecule has 1 aliphatic carbocycles. The number of aryl methyl sites for hydroxylation is 1. The number of aromatic nitrogens is 2. The normalized spacial score (nSPS) is 26.9. The minimum absolute atomic E-state index is 0.813. The van der Waals surface area contributed by atoms with E-state index >= 15 is 0 Å². The van der Waals surface area contributed by atoms with E-state index in [0.29, 0.717) is 0 Å². The predicted octanol–water partition coefficient (Wildman–Crippen LogP) is 3.40. The average Bonchev–Trinajstić information content (AvgIpc) is 2.86. The Morgan fingerprint density at radius 2 is 2.15 bits per heavy atom. The molecule has 0 amide bonds. The molecule has 0 aromatic carbocycles. The van der Waals surface area contributed by atoms with Crippen molar-refractivity contribution in [3.8, 4) is 0 Å². The smallest absolute Gasteiger partial charge is 0.0627 e. The van der Waals surface area contributed by atoms with Gasteiger partial charge in [-0.05, 0) is 62.6 Å². The third-order valence-electron chi connectivity index (χ3n) is 4.90. The van der Waals surface area contributed by atoms with Gasteiger partial charge < -0.3 is 5.32 Å². The zero-order valence-electron chi connectivity index (χ0n) is 13.4. The highest BCUT2D eigenvalue weighted by Gasteiger charge is 2.29. The van der Waals surface area contributed by atoms with Gasteiger partial charge in [0.15, 0.2) is 0 Å². The fourth-order valence-corrected chi connectivity index (χ4v) is 3.62. The molecule has 1 saturated carbocycles. The van der Waals surface area contributed by atoms with Crippen LogP contribution in [0, 0.1) is 17.8 Å². The molecule has 3 atom stereocenters. The average molecular weight is 277 g/mol. The van der Waals surface area contributed by atoms with Crippen molar-refractivity contribution in [2.75, 3.05) is 13.1 Å². The van der Waals surface area contributed by atoms with Gasteiger partial charge in [0.05, 0.1) is 5.69 Å². The second kappa shape index (κ2) is 7.82. The lowest BCUT2D eigenvalue weighted by atomic mass is 9.71. The Bertz CT molecular complexity index is 383. The first-order chi connectivity index (χ1) is 9.72. The lowest BCUT2D eigenvalue weighted by molar-refractivity contribution is 0.170. The van der Waals surface area contributed by atoms with Gasteiger partial charge in [0.25, 0.3) is 0 Å². The molecule has 3 heteroatoms. The molecule has 3 nitrogen and oxygen atoms in total. The van der Waals surface area contributed by atoms with Crippen LogP contribution in [0.5, 0.6) is 0 Å². The molecule has 1 aromatic rings.